The number of nitrogens with one attached hydrogen (secondary N) is 3. The lowest BCUT2D eigenvalue weighted by Gasteiger charge is -2.39. The lowest BCUT2D eigenvalue weighted by molar-refractivity contribution is -0.134. The van der Waals surface area contributed by atoms with Gasteiger partial charge >= 0.3 is 0 Å². The Morgan fingerprint density at radius 1 is 1.35 bits per heavy atom. The molecule has 4 unspecified atom stereocenters. The number of benzene rings is 2. The van der Waals surface area contributed by atoms with Gasteiger partial charge in [-0.15, -0.1) is 0 Å². The Bertz CT molecular complexity index is 1380. The SMILES string of the molecule is COc1cccc2[nH]c(C(O)N3CCc4c(Cl)cccc4C3C(=O)NC(C#N)CC3CCNC3=O)cc12. The first kappa shape index (κ1) is 25.1. The molecular formula is C27H28ClN5O4. The number of hydrogen-bond acceptors (Lipinski definition) is 6. The van der Waals surface area contributed by atoms with Crippen molar-refractivity contribution in [2.24, 2.45) is 5.92 Å². The van der Waals surface area contributed by atoms with Gasteiger partial charge in [-0.2, -0.15) is 5.26 Å². The summed E-state index contributed by atoms with van der Waals surface area (Å²) in [6.07, 6.45) is 0.265. The molecular weight excluding hydrogens is 494 g/mol. The zero-order valence-electron chi connectivity index (χ0n) is 20.3. The molecule has 1 aromatic heterocycles. The van der Waals surface area contributed by atoms with E-state index in [1.165, 1.54) is 0 Å². The Balaban J connectivity index is 1.46. The van der Waals surface area contributed by atoms with E-state index in [4.69, 9.17) is 16.3 Å². The summed E-state index contributed by atoms with van der Waals surface area (Å²) in [4.78, 5) is 30.7. The summed E-state index contributed by atoms with van der Waals surface area (Å²) >= 11 is 6.48. The molecule has 4 N–H and O–H groups in total. The van der Waals surface area contributed by atoms with Crippen LogP contribution >= 0.6 is 11.6 Å². The first-order valence-corrected chi connectivity index (χ1v) is 12.6. The molecule has 2 aromatic carbocycles. The number of nitrogens with zero attached hydrogens (tertiary/aromatic N) is 2. The fourth-order valence-electron chi connectivity index (χ4n) is 5.39. The van der Waals surface area contributed by atoms with Gasteiger partial charge in [0.2, 0.25) is 11.8 Å². The van der Waals surface area contributed by atoms with Crippen molar-refractivity contribution >= 4 is 34.3 Å². The Kier molecular flexibility index (Phi) is 7.07. The van der Waals surface area contributed by atoms with Crippen LogP contribution in [0.3, 0.4) is 0 Å². The van der Waals surface area contributed by atoms with E-state index in [-0.39, 0.29) is 18.2 Å². The standard InChI is InChI=1S/C27H28ClN5O4/c1-37-23-7-3-6-21-19(23)13-22(32-21)27(36)33-11-9-17-18(4-2-5-20(17)28)24(33)26(35)31-16(14-29)12-15-8-10-30-25(15)34/h2-7,13,15-16,24,27,32,36H,8-12H2,1H3,(H,30,34)(H,31,35). The van der Waals surface area contributed by atoms with Crippen molar-refractivity contribution in [2.75, 3.05) is 20.2 Å². The number of fused-ring (bicyclic) bond motifs is 2. The number of aromatic amines is 1. The molecule has 4 atom stereocenters. The molecule has 0 spiro atoms. The second kappa shape index (κ2) is 10.4. The Morgan fingerprint density at radius 3 is 2.89 bits per heavy atom. The molecule has 2 aliphatic heterocycles. The number of rotatable bonds is 7. The van der Waals surface area contributed by atoms with Crippen LogP contribution in [-0.4, -0.2) is 53.0 Å². The van der Waals surface area contributed by atoms with E-state index >= 15 is 0 Å². The molecule has 3 heterocycles. The first-order chi connectivity index (χ1) is 17.9. The molecule has 2 amide bonds. The number of aliphatic hydroxyl groups is 1. The van der Waals surface area contributed by atoms with Crippen molar-refractivity contribution in [2.45, 2.75) is 37.6 Å². The van der Waals surface area contributed by atoms with Gasteiger partial charge in [0, 0.05) is 34.9 Å². The molecule has 1 fully saturated rings. The van der Waals surface area contributed by atoms with Crippen LogP contribution in [0.5, 0.6) is 5.75 Å². The number of H-pyrrole nitrogens is 1. The highest BCUT2D eigenvalue weighted by Crippen LogP contribution is 2.39. The summed E-state index contributed by atoms with van der Waals surface area (Å²) < 4.78 is 5.45. The van der Waals surface area contributed by atoms with Gasteiger partial charge in [0.25, 0.3) is 0 Å². The molecule has 0 aliphatic carbocycles. The van der Waals surface area contributed by atoms with Gasteiger partial charge in [-0.1, -0.05) is 29.8 Å². The van der Waals surface area contributed by atoms with E-state index in [0.717, 1.165) is 16.5 Å². The maximum absolute atomic E-state index is 13.7. The minimum Gasteiger partial charge on any atom is -0.496 e. The van der Waals surface area contributed by atoms with Gasteiger partial charge in [-0.05, 0) is 54.7 Å². The third-order valence-electron chi connectivity index (χ3n) is 7.26. The number of hydrogen-bond donors (Lipinski definition) is 4. The number of carbonyl (C=O) groups is 2. The number of amides is 2. The summed E-state index contributed by atoms with van der Waals surface area (Å²) in [6.45, 7) is 0.935. The number of carbonyl (C=O) groups excluding carboxylic acids is 2. The van der Waals surface area contributed by atoms with Crippen LogP contribution in [0, 0.1) is 17.2 Å². The Labute approximate surface area is 219 Å². The topological polar surface area (TPSA) is 130 Å². The van der Waals surface area contributed by atoms with Gasteiger partial charge in [0.05, 0.1) is 18.9 Å². The average Bonchev–Trinajstić information content (AvgIpc) is 3.53. The normalized spacial score (nSPS) is 21.1. The van der Waals surface area contributed by atoms with Crippen LogP contribution in [0.4, 0.5) is 0 Å². The summed E-state index contributed by atoms with van der Waals surface area (Å²) in [5.41, 5.74) is 2.84. The van der Waals surface area contributed by atoms with Gasteiger partial charge in [0.15, 0.2) is 0 Å². The minimum absolute atomic E-state index is 0.101. The Morgan fingerprint density at radius 2 is 2.16 bits per heavy atom. The fourth-order valence-corrected chi connectivity index (χ4v) is 5.67. The van der Waals surface area contributed by atoms with Crippen molar-refractivity contribution < 1.29 is 19.4 Å². The predicted octanol–water partition coefficient (Wildman–Crippen LogP) is 2.95. The minimum atomic E-state index is -1.14. The number of aromatic nitrogens is 1. The second-order valence-electron chi connectivity index (χ2n) is 9.42. The summed E-state index contributed by atoms with van der Waals surface area (Å²) in [7, 11) is 1.59. The molecule has 3 aromatic rings. The van der Waals surface area contributed by atoms with Crippen LogP contribution < -0.4 is 15.4 Å². The lowest BCUT2D eigenvalue weighted by atomic mass is 9.90. The Hall–Kier alpha value is -3.58. The highest BCUT2D eigenvalue weighted by atomic mass is 35.5. The third kappa shape index (κ3) is 4.76. The fraction of sp³-hybridized carbons (Fsp3) is 0.370. The van der Waals surface area contributed by atoms with Crippen LogP contribution in [0.15, 0.2) is 42.5 Å². The highest BCUT2D eigenvalue weighted by molar-refractivity contribution is 6.31. The number of aliphatic hydroxyl groups excluding tert-OH is 1. The van der Waals surface area contributed by atoms with Gasteiger partial charge < -0.3 is 25.5 Å². The lowest BCUT2D eigenvalue weighted by Crippen LogP contribution is -2.48. The van der Waals surface area contributed by atoms with Gasteiger partial charge in [0.1, 0.15) is 24.1 Å². The number of halogens is 1. The van der Waals surface area contributed by atoms with Crippen molar-refractivity contribution in [3.8, 4) is 11.8 Å². The summed E-state index contributed by atoms with van der Waals surface area (Å²) in [6, 6.07) is 13.2. The summed E-state index contributed by atoms with van der Waals surface area (Å²) in [5, 5.41) is 28.2. The number of ether oxygens (including phenoxy) is 1. The number of methoxy groups -OCH3 is 1. The molecule has 0 radical (unpaired) electrons. The van der Waals surface area contributed by atoms with Gasteiger partial charge in [-0.3, -0.25) is 14.5 Å². The van der Waals surface area contributed by atoms with Crippen molar-refractivity contribution in [1.29, 1.82) is 5.26 Å². The maximum atomic E-state index is 13.7. The van der Waals surface area contributed by atoms with Crippen molar-refractivity contribution in [3.05, 3.63) is 64.3 Å². The molecule has 0 bridgehead atoms. The average molecular weight is 522 g/mol. The molecule has 2 aliphatic rings. The molecule has 0 saturated carbocycles. The van der Waals surface area contributed by atoms with Crippen LogP contribution in [0.25, 0.3) is 10.9 Å². The van der Waals surface area contributed by atoms with Crippen LogP contribution in [-0.2, 0) is 16.0 Å². The second-order valence-corrected chi connectivity index (χ2v) is 9.83. The first-order valence-electron chi connectivity index (χ1n) is 12.3. The van der Waals surface area contributed by atoms with Crippen LogP contribution in [0.1, 0.15) is 41.9 Å². The zero-order valence-corrected chi connectivity index (χ0v) is 21.1. The van der Waals surface area contributed by atoms with E-state index in [1.807, 2.05) is 30.3 Å². The van der Waals surface area contributed by atoms with Crippen molar-refractivity contribution in [1.82, 2.24) is 20.5 Å². The van der Waals surface area contributed by atoms with Gasteiger partial charge in [-0.25, -0.2) is 0 Å². The smallest absolute Gasteiger partial charge is 0.243 e. The van der Waals surface area contributed by atoms with E-state index in [1.54, 1.807) is 24.1 Å². The molecule has 5 rings (SSSR count). The molecule has 37 heavy (non-hydrogen) atoms. The zero-order chi connectivity index (χ0) is 26.1. The van der Waals surface area contributed by atoms with Crippen molar-refractivity contribution in [3.63, 3.8) is 0 Å². The maximum Gasteiger partial charge on any atom is 0.243 e. The number of nitriles is 1. The monoisotopic (exact) mass is 521 g/mol. The highest BCUT2D eigenvalue weighted by Gasteiger charge is 2.39. The quantitative estimate of drug-likeness (QED) is 0.378. The largest absolute Gasteiger partial charge is 0.496 e. The molecule has 10 heteroatoms. The van der Waals surface area contributed by atoms with E-state index in [0.29, 0.717) is 48.0 Å². The van der Waals surface area contributed by atoms with E-state index in [2.05, 4.69) is 21.7 Å². The molecule has 9 nitrogen and oxygen atoms in total. The predicted molar refractivity (Wildman–Crippen MR) is 138 cm³/mol. The third-order valence-corrected chi connectivity index (χ3v) is 7.62. The van der Waals surface area contributed by atoms with Crippen LogP contribution in [0.2, 0.25) is 5.02 Å². The molecule has 192 valence electrons. The van der Waals surface area contributed by atoms with E-state index < -0.39 is 24.2 Å². The summed E-state index contributed by atoms with van der Waals surface area (Å²) in [5.74, 6) is -0.178. The van der Waals surface area contributed by atoms with E-state index in [9.17, 15) is 20.0 Å². The molecule has 1 saturated heterocycles.